The third-order valence-corrected chi connectivity index (χ3v) is 2.68. The molecule has 0 aliphatic heterocycles. The Balaban J connectivity index is 3.06. The summed E-state index contributed by atoms with van der Waals surface area (Å²) in [5, 5.41) is 13.0. The van der Waals surface area contributed by atoms with Crippen LogP contribution in [-0.4, -0.2) is 27.4 Å². The van der Waals surface area contributed by atoms with E-state index in [-0.39, 0.29) is 12.3 Å². The second kappa shape index (κ2) is 4.44. The molecule has 0 bridgehead atoms. The Morgan fingerprint density at radius 1 is 1.60 bits per heavy atom. The predicted octanol–water partition coefficient (Wildman–Crippen LogP) is 0.554. The van der Waals surface area contributed by atoms with Crippen LogP contribution < -0.4 is 5.73 Å². The highest BCUT2D eigenvalue weighted by atomic mass is 16.4. The topological polar surface area (TPSA) is 81.1 Å². The lowest BCUT2D eigenvalue weighted by molar-refractivity contribution is -0.137. The Bertz CT molecular complexity index is 371. The van der Waals surface area contributed by atoms with E-state index in [1.54, 1.807) is 4.68 Å². The number of nitrogens with two attached hydrogens (primary N) is 1. The van der Waals surface area contributed by atoms with Crippen LogP contribution in [-0.2, 0) is 11.8 Å². The normalized spacial score (nSPS) is 12.8. The fourth-order valence-corrected chi connectivity index (χ4v) is 1.89. The number of carboxylic acids is 1. The van der Waals surface area contributed by atoms with Crippen LogP contribution in [0, 0.1) is 13.8 Å². The molecule has 5 heteroatoms. The van der Waals surface area contributed by atoms with Crippen molar-refractivity contribution in [3.05, 3.63) is 17.0 Å². The fraction of sp³-hybridized carbons (Fsp3) is 0.600. The van der Waals surface area contributed by atoms with Gasteiger partial charge in [0.15, 0.2) is 0 Å². The van der Waals surface area contributed by atoms with Crippen molar-refractivity contribution in [1.82, 2.24) is 9.78 Å². The van der Waals surface area contributed by atoms with E-state index >= 15 is 0 Å². The maximum Gasteiger partial charge on any atom is 0.304 e. The number of carbonyl (C=O) groups is 1. The highest BCUT2D eigenvalue weighted by Crippen LogP contribution is 2.24. The van der Waals surface area contributed by atoms with Crippen LogP contribution in [0.1, 0.15) is 29.3 Å². The maximum absolute atomic E-state index is 10.7. The Labute approximate surface area is 88.9 Å². The summed E-state index contributed by atoms with van der Waals surface area (Å²) in [4.78, 5) is 10.7. The van der Waals surface area contributed by atoms with Crippen molar-refractivity contribution in [3.63, 3.8) is 0 Å². The van der Waals surface area contributed by atoms with Crippen LogP contribution in [0.4, 0.5) is 0 Å². The molecule has 1 heterocycles. The first-order valence-electron chi connectivity index (χ1n) is 4.89. The van der Waals surface area contributed by atoms with Crippen molar-refractivity contribution < 1.29 is 9.90 Å². The molecule has 0 amide bonds. The first kappa shape index (κ1) is 11.7. The second-order valence-corrected chi connectivity index (χ2v) is 3.74. The van der Waals surface area contributed by atoms with Gasteiger partial charge in [-0.3, -0.25) is 9.48 Å². The van der Waals surface area contributed by atoms with Gasteiger partial charge in [-0.15, -0.1) is 0 Å². The summed E-state index contributed by atoms with van der Waals surface area (Å²) in [7, 11) is 1.85. The Morgan fingerprint density at radius 2 is 2.20 bits per heavy atom. The quantitative estimate of drug-likeness (QED) is 0.762. The van der Waals surface area contributed by atoms with Gasteiger partial charge < -0.3 is 10.8 Å². The van der Waals surface area contributed by atoms with Gasteiger partial charge in [-0.05, 0) is 20.4 Å². The Hall–Kier alpha value is -1.36. The third-order valence-electron chi connectivity index (χ3n) is 2.68. The highest BCUT2D eigenvalue weighted by Gasteiger charge is 2.21. The third kappa shape index (κ3) is 2.36. The summed E-state index contributed by atoms with van der Waals surface area (Å²) in [5.41, 5.74) is 8.43. The number of hydrogen-bond donors (Lipinski definition) is 2. The number of carboxylic acid groups (broad SMARTS) is 1. The first-order valence-corrected chi connectivity index (χ1v) is 4.89. The van der Waals surface area contributed by atoms with Gasteiger partial charge in [-0.25, -0.2) is 0 Å². The molecule has 1 aromatic rings. The molecule has 5 nitrogen and oxygen atoms in total. The summed E-state index contributed by atoms with van der Waals surface area (Å²) >= 11 is 0. The number of aliphatic carboxylic acids is 1. The molecule has 1 aromatic heterocycles. The van der Waals surface area contributed by atoms with Crippen molar-refractivity contribution >= 4 is 5.97 Å². The molecule has 0 aliphatic carbocycles. The summed E-state index contributed by atoms with van der Waals surface area (Å²) in [6.45, 7) is 4.15. The molecule has 0 fully saturated rings. The first-order chi connectivity index (χ1) is 6.97. The van der Waals surface area contributed by atoms with E-state index in [0.29, 0.717) is 6.54 Å². The van der Waals surface area contributed by atoms with Gasteiger partial charge >= 0.3 is 5.97 Å². The summed E-state index contributed by atoms with van der Waals surface area (Å²) < 4.78 is 1.76. The maximum atomic E-state index is 10.7. The SMILES string of the molecule is Cc1nn(C)c(C)c1C(CN)CC(=O)O. The summed E-state index contributed by atoms with van der Waals surface area (Å²) in [5.74, 6) is -0.968. The van der Waals surface area contributed by atoms with Crippen molar-refractivity contribution in [2.75, 3.05) is 6.54 Å². The molecule has 15 heavy (non-hydrogen) atoms. The molecule has 1 unspecified atom stereocenters. The second-order valence-electron chi connectivity index (χ2n) is 3.74. The lowest BCUT2D eigenvalue weighted by Crippen LogP contribution is -2.17. The zero-order chi connectivity index (χ0) is 11.6. The molecular formula is C10H17N3O2. The zero-order valence-corrected chi connectivity index (χ0v) is 9.32. The number of rotatable bonds is 4. The van der Waals surface area contributed by atoms with E-state index in [0.717, 1.165) is 17.0 Å². The zero-order valence-electron chi connectivity index (χ0n) is 9.32. The van der Waals surface area contributed by atoms with Crippen LogP contribution in [0.25, 0.3) is 0 Å². The molecule has 0 saturated heterocycles. The number of nitrogens with zero attached hydrogens (tertiary/aromatic N) is 2. The average Bonchev–Trinajstić information content (AvgIpc) is 2.38. The van der Waals surface area contributed by atoms with Crippen LogP contribution in [0.5, 0.6) is 0 Å². The minimum absolute atomic E-state index is 0.0594. The molecule has 0 radical (unpaired) electrons. The minimum Gasteiger partial charge on any atom is -0.481 e. The number of hydrogen-bond acceptors (Lipinski definition) is 3. The molecule has 84 valence electrons. The smallest absolute Gasteiger partial charge is 0.304 e. The van der Waals surface area contributed by atoms with Crippen LogP contribution in [0.2, 0.25) is 0 Å². The summed E-state index contributed by atoms with van der Waals surface area (Å²) in [6.07, 6.45) is 0.0594. The van der Waals surface area contributed by atoms with E-state index in [9.17, 15) is 4.79 Å². The lowest BCUT2D eigenvalue weighted by atomic mass is 9.94. The van der Waals surface area contributed by atoms with Crippen LogP contribution in [0.15, 0.2) is 0 Å². The van der Waals surface area contributed by atoms with Gasteiger partial charge in [0.2, 0.25) is 0 Å². The molecule has 1 atom stereocenters. The fourth-order valence-electron chi connectivity index (χ4n) is 1.89. The van der Waals surface area contributed by atoms with Gasteiger partial charge in [-0.2, -0.15) is 5.10 Å². The molecule has 0 aliphatic rings. The monoisotopic (exact) mass is 211 g/mol. The number of aryl methyl sites for hydroxylation is 2. The number of aromatic nitrogens is 2. The molecule has 0 saturated carbocycles. The van der Waals surface area contributed by atoms with Gasteiger partial charge in [0.1, 0.15) is 0 Å². The van der Waals surface area contributed by atoms with E-state index in [1.807, 2.05) is 20.9 Å². The van der Waals surface area contributed by atoms with Gasteiger partial charge in [0.25, 0.3) is 0 Å². The van der Waals surface area contributed by atoms with Crippen molar-refractivity contribution in [2.24, 2.45) is 12.8 Å². The minimum atomic E-state index is -0.826. The summed E-state index contributed by atoms with van der Waals surface area (Å²) in [6, 6.07) is 0. The predicted molar refractivity (Wildman–Crippen MR) is 56.7 cm³/mol. The van der Waals surface area contributed by atoms with Crippen LogP contribution in [0.3, 0.4) is 0 Å². The molecule has 0 aromatic carbocycles. The van der Waals surface area contributed by atoms with Gasteiger partial charge in [-0.1, -0.05) is 0 Å². The molecule has 1 rings (SSSR count). The lowest BCUT2D eigenvalue weighted by Gasteiger charge is -2.12. The Morgan fingerprint density at radius 3 is 2.53 bits per heavy atom. The van der Waals surface area contributed by atoms with E-state index in [4.69, 9.17) is 10.8 Å². The molecular weight excluding hydrogens is 194 g/mol. The van der Waals surface area contributed by atoms with E-state index < -0.39 is 5.97 Å². The van der Waals surface area contributed by atoms with Crippen LogP contribution >= 0.6 is 0 Å². The van der Waals surface area contributed by atoms with Gasteiger partial charge in [0.05, 0.1) is 12.1 Å². The standard InChI is InChI=1S/C10H17N3O2/c1-6-10(7(2)13(3)12-6)8(5-11)4-9(14)15/h8H,4-5,11H2,1-3H3,(H,14,15). The van der Waals surface area contributed by atoms with E-state index in [2.05, 4.69) is 5.10 Å². The molecule has 3 N–H and O–H groups in total. The Kier molecular flexibility index (Phi) is 3.47. The van der Waals surface area contributed by atoms with Crippen molar-refractivity contribution in [2.45, 2.75) is 26.2 Å². The molecule has 0 spiro atoms. The van der Waals surface area contributed by atoms with Gasteiger partial charge in [0, 0.05) is 24.2 Å². The van der Waals surface area contributed by atoms with Crippen molar-refractivity contribution in [1.29, 1.82) is 0 Å². The van der Waals surface area contributed by atoms with E-state index in [1.165, 1.54) is 0 Å². The average molecular weight is 211 g/mol. The largest absolute Gasteiger partial charge is 0.481 e. The highest BCUT2D eigenvalue weighted by molar-refractivity contribution is 5.68. The van der Waals surface area contributed by atoms with Crippen molar-refractivity contribution in [3.8, 4) is 0 Å².